The van der Waals surface area contributed by atoms with Crippen molar-refractivity contribution in [2.75, 3.05) is 0 Å². The zero-order valence-corrected chi connectivity index (χ0v) is 67.6. The molecule has 0 fully saturated rings. The Morgan fingerprint density at radius 3 is 0.686 bits per heavy atom. The largest absolute Gasteiger partial charge is 0.344 e. The van der Waals surface area contributed by atoms with Crippen molar-refractivity contribution in [2.24, 2.45) is 28.2 Å². The van der Waals surface area contributed by atoms with Gasteiger partial charge in [0.15, 0.2) is 0 Å². The summed E-state index contributed by atoms with van der Waals surface area (Å²) in [6, 6.07) is 116. The first-order chi connectivity index (χ1) is 58.2. The highest BCUT2D eigenvalue weighted by atomic mass is 32.1. The van der Waals surface area contributed by atoms with E-state index in [-0.39, 0.29) is 0 Å². The van der Waals surface area contributed by atoms with E-state index in [0.29, 0.717) is 0 Å². The highest BCUT2D eigenvalue weighted by Gasteiger charge is 2.23. The second-order valence-corrected chi connectivity index (χ2v) is 32.5. The summed E-state index contributed by atoms with van der Waals surface area (Å²) in [6.45, 7) is 3.98. The molecule has 0 atom stereocenters. The number of rotatable bonds is 9. The number of aryl methyl sites for hydroxylation is 5. The van der Waals surface area contributed by atoms with E-state index in [1.165, 1.54) is 183 Å². The molecule has 0 spiro atoms. The molecule has 0 aliphatic carbocycles. The van der Waals surface area contributed by atoms with E-state index >= 15 is 0 Å². The number of para-hydroxylation sites is 6. The average molecular weight is 1570 g/mol. The standard InChI is InChI=1S/C38H26N4S.C33H24N4S.C32H22N4S/c1-41-33-13-7-5-11-29(33)31-21-25(15-19-34(31)41)27-17-18-28(38-37(27)39-43-40-38)26-16-20-36-32(22-26)30-12-6-8-14-35(30)42(36)23-24-9-3-2-4-10-24;1-3-37-30-11-7-5-9-25(30)27-19-21(13-17-31(27)37)23-15-14-22(32-33(23)35-38-34-32)20-12-16-29-26(18-20)24-8-4-6-10-28(24)36(29)2;1-35-27-9-5-3-7-23(27)25-17-19(11-15-29(25)35)21-13-14-22(32-31(21)33-37-34-32)20-12-16-30-26(18-20)24-8-4-6-10-28(24)36(30)2/h2-22H,23H2,1H3;4-19H,3H2,1-2H3;3-18H,1-2H3. The van der Waals surface area contributed by atoms with Crippen LogP contribution in [0.4, 0.5) is 0 Å². The Hall–Kier alpha value is -14.2. The minimum atomic E-state index is 0.834. The summed E-state index contributed by atoms with van der Waals surface area (Å²) in [5.74, 6) is 0. The van der Waals surface area contributed by atoms with Gasteiger partial charge in [0.1, 0.15) is 33.1 Å². The van der Waals surface area contributed by atoms with Crippen LogP contribution in [0.2, 0.25) is 0 Å². The van der Waals surface area contributed by atoms with E-state index in [4.69, 9.17) is 26.2 Å². The lowest BCUT2D eigenvalue weighted by molar-refractivity contribution is 0.827. The van der Waals surface area contributed by atoms with Crippen LogP contribution >= 0.6 is 35.2 Å². The molecule has 0 bridgehead atoms. The molecule has 12 nitrogen and oxygen atoms in total. The van der Waals surface area contributed by atoms with E-state index in [1.54, 1.807) is 0 Å². The Morgan fingerprint density at radius 2 is 0.407 bits per heavy atom. The van der Waals surface area contributed by atoms with Gasteiger partial charge in [-0.3, -0.25) is 0 Å². The molecule has 0 N–H and O–H groups in total. The predicted molar refractivity (Wildman–Crippen MR) is 498 cm³/mol. The number of hydrogen-bond acceptors (Lipinski definition) is 9. The minimum Gasteiger partial charge on any atom is -0.344 e. The van der Waals surface area contributed by atoms with Crippen LogP contribution in [-0.4, -0.2) is 53.6 Å². The Balaban J connectivity index is 0.000000104. The van der Waals surface area contributed by atoms with E-state index < -0.39 is 0 Å². The molecule has 562 valence electrons. The Labute approximate surface area is 689 Å². The van der Waals surface area contributed by atoms with Gasteiger partial charge >= 0.3 is 0 Å². The predicted octanol–water partition coefficient (Wildman–Crippen LogP) is 26.9. The van der Waals surface area contributed by atoms with Crippen molar-refractivity contribution in [3.63, 3.8) is 0 Å². The molecular weight excluding hydrogens is 1500 g/mol. The molecule has 9 heterocycles. The summed E-state index contributed by atoms with van der Waals surface area (Å²) in [5.41, 5.74) is 35.7. The van der Waals surface area contributed by atoms with Crippen molar-refractivity contribution in [1.82, 2.24) is 53.6 Å². The van der Waals surface area contributed by atoms with Gasteiger partial charge in [0, 0.05) is 205 Å². The summed E-state index contributed by atoms with van der Waals surface area (Å²) in [4.78, 5) is 0. The third kappa shape index (κ3) is 10.8. The van der Waals surface area contributed by atoms with Gasteiger partial charge in [-0.2, -0.15) is 26.2 Å². The first-order valence-corrected chi connectivity index (χ1v) is 42.1. The third-order valence-electron chi connectivity index (χ3n) is 24.8. The first-order valence-electron chi connectivity index (χ1n) is 39.9. The zero-order chi connectivity index (χ0) is 78.5. The topological polar surface area (TPSA) is 107 Å². The van der Waals surface area contributed by atoms with Crippen LogP contribution in [0.15, 0.2) is 322 Å². The van der Waals surface area contributed by atoms with Gasteiger partial charge in [-0.1, -0.05) is 212 Å². The van der Waals surface area contributed by atoms with E-state index in [2.05, 4.69) is 384 Å². The van der Waals surface area contributed by atoms with Crippen LogP contribution < -0.4 is 0 Å². The van der Waals surface area contributed by atoms with Crippen LogP contribution in [0.3, 0.4) is 0 Å². The summed E-state index contributed by atoms with van der Waals surface area (Å²) >= 11 is 3.85. The van der Waals surface area contributed by atoms with Crippen LogP contribution in [0, 0.1) is 0 Å². The van der Waals surface area contributed by atoms with Gasteiger partial charge in [0.05, 0.1) is 35.2 Å². The van der Waals surface area contributed by atoms with Crippen molar-refractivity contribution in [2.45, 2.75) is 20.0 Å². The average Bonchev–Trinajstić information content (AvgIpc) is 1.55. The maximum absolute atomic E-state index is 4.82. The van der Waals surface area contributed by atoms with Crippen molar-refractivity contribution >= 4 is 199 Å². The van der Waals surface area contributed by atoms with Crippen LogP contribution in [0.5, 0.6) is 0 Å². The van der Waals surface area contributed by atoms with Crippen molar-refractivity contribution in [3.05, 3.63) is 327 Å². The van der Waals surface area contributed by atoms with Crippen molar-refractivity contribution < 1.29 is 0 Å². The molecule has 15 heteroatoms. The van der Waals surface area contributed by atoms with Crippen LogP contribution in [0.1, 0.15) is 12.5 Å². The molecular formula is C103H72N12S3. The molecule has 16 aromatic carbocycles. The molecule has 0 radical (unpaired) electrons. The molecule has 25 aromatic rings. The monoisotopic (exact) mass is 1570 g/mol. The lowest BCUT2D eigenvalue weighted by Crippen LogP contribution is -1.98. The number of fused-ring (bicyclic) bond motifs is 21. The van der Waals surface area contributed by atoms with Gasteiger partial charge in [0.2, 0.25) is 0 Å². The van der Waals surface area contributed by atoms with E-state index in [0.717, 1.165) is 102 Å². The smallest absolute Gasteiger partial charge is 0.113 e. The first kappa shape index (κ1) is 69.3. The molecule has 0 saturated carbocycles. The molecule has 0 saturated heterocycles. The highest BCUT2D eigenvalue weighted by molar-refractivity contribution is 7.00. The summed E-state index contributed by atoms with van der Waals surface area (Å²) in [6.07, 6.45) is 0. The Morgan fingerprint density at radius 1 is 0.203 bits per heavy atom. The second-order valence-electron chi connectivity index (χ2n) is 30.9. The molecule has 0 aliphatic heterocycles. The van der Waals surface area contributed by atoms with Gasteiger partial charge in [0.25, 0.3) is 0 Å². The minimum absolute atomic E-state index is 0.834. The quantitative estimate of drug-likeness (QED) is 0.142. The molecule has 118 heavy (non-hydrogen) atoms. The normalized spacial score (nSPS) is 12.0. The van der Waals surface area contributed by atoms with Crippen LogP contribution in [-0.2, 0) is 41.3 Å². The molecule has 0 unspecified atom stereocenters. The third-order valence-corrected chi connectivity index (χ3v) is 26.4. The maximum atomic E-state index is 4.82. The lowest BCUT2D eigenvalue weighted by Gasteiger charge is -2.10. The lowest BCUT2D eigenvalue weighted by atomic mass is 9.96. The molecule has 0 aliphatic rings. The SMILES string of the molecule is CCn1c2ccccc2c2cc(-c3ccc(-c4ccc5c(c4)c4ccccc4n5C)c4nsnc34)ccc21.Cn1c2ccccc2c2cc(-c3ccc(-c4ccc5c(c4)c4ccccc4n5C)c4nsnc34)ccc21.Cn1c2ccccc2c2cc(-c3ccc(-c4ccc5c(c4)c4ccccc4n5Cc4ccccc4)c4nsnc34)ccc21. The second kappa shape index (κ2) is 27.5. The fraction of sp³-hybridized carbons (Fsp3) is 0.0680. The van der Waals surface area contributed by atoms with Crippen molar-refractivity contribution in [3.8, 4) is 66.8 Å². The maximum Gasteiger partial charge on any atom is 0.113 e. The van der Waals surface area contributed by atoms with E-state index in [9.17, 15) is 0 Å². The van der Waals surface area contributed by atoms with E-state index in [1.807, 2.05) is 0 Å². The van der Waals surface area contributed by atoms with Gasteiger partial charge in [-0.15, -0.1) is 0 Å². The summed E-state index contributed by atoms with van der Waals surface area (Å²) in [7, 11) is 8.54. The molecule has 9 aromatic heterocycles. The molecule has 25 rings (SSSR count). The van der Waals surface area contributed by atoms with Crippen LogP contribution in [0.25, 0.3) is 231 Å². The fourth-order valence-corrected chi connectivity index (χ4v) is 20.8. The number of benzene rings is 16. The fourth-order valence-electron chi connectivity index (χ4n) is 19.1. The summed E-state index contributed by atoms with van der Waals surface area (Å²) < 4.78 is 42.6. The van der Waals surface area contributed by atoms with Gasteiger partial charge in [-0.25, -0.2) is 0 Å². The number of hydrogen-bond donors (Lipinski definition) is 0. The number of nitrogens with zero attached hydrogens (tertiary/aromatic N) is 12. The zero-order valence-electron chi connectivity index (χ0n) is 65.1. The summed E-state index contributed by atoms with van der Waals surface area (Å²) in [5, 5.41) is 15.2. The molecule has 0 amide bonds. The van der Waals surface area contributed by atoms with Crippen molar-refractivity contribution in [1.29, 1.82) is 0 Å². The highest BCUT2D eigenvalue weighted by Crippen LogP contribution is 2.45. The number of aromatic nitrogens is 12. The Bertz CT molecular complexity index is 8270. The van der Waals surface area contributed by atoms with Gasteiger partial charge in [-0.05, 0) is 155 Å². The van der Waals surface area contributed by atoms with Gasteiger partial charge < -0.3 is 27.4 Å². The Kier molecular flexibility index (Phi) is 16.1.